The molecule has 0 aromatic rings. The molecule has 0 aromatic heterocycles. The van der Waals surface area contributed by atoms with E-state index in [0.29, 0.717) is 24.0 Å². The summed E-state index contributed by atoms with van der Waals surface area (Å²) in [7, 11) is 1.76. The van der Waals surface area contributed by atoms with Crippen molar-refractivity contribution < 1.29 is 14.3 Å². The topological polar surface area (TPSA) is 50.8 Å². The van der Waals surface area contributed by atoms with Gasteiger partial charge < -0.3 is 19.7 Å². The molecule has 24 heavy (non-hydrogen) atoms. The molecule has 2 aliphatic rings. The van der Waals surface area contributed by atoms with E-state index in [1.165, 1.54) is 19.3 Å². The number of ether oxygens (including phenoxy) is 2. The van der Waals surface area contributed by atoms with Crippen LogP contribution >= 0.6 is 0 Å². The van der Waals surface area contributed by atoms with Gasteiger partial charge in [0.15, 0.2) is 0 Å². The molecule has 2 fully saturated rings. The molecule has 5 nitrogen and oxygen atoms in total. The quantitative estimate of drug-likeness (QED) is 0.803. The van der Waals surface area contributed by atoms with E-state index < -0.39 is 5.60 Å². The fraction of sp³-hybridized carbons (Fsp3) is 0.947. The van der Waals surface area contributed by atoms with Crippen LogP contribution in [0.2, 0.25) is 0 Å². The van der Waals surface area contributed by atoms with E-state index in [4.69, 9.17) is 9.47 Å². The minimum absolute atomic E-state index is 0.139. The highest BCUT2D eigenvalue weighted by Crippen LogP contribution is 2.36. The number of carbonyl (C=O) groups excluding carboxylic acids is 1. The minimum Gasteiger partial charge on any atom is -0.444 e. The van der Waals surface area contributed by atoms with Crippen LogP contribution in [0.1, 0.15) is 66.2 Å². The van der Waals surface area contributed by atoms with Crippen LogP contribution in [-0.4, -0.2) is 55.0 Å². The molecule has 0 radical (unpaired) electrons. The minimum atomic E-state index is -0.427. The molecule has 1 amide bonds. The van der Waals surface area contributed by atoms with Gasteiger partial charge in [0.1, 0.15) is 5.60 Å². The molecule has 5 heteroatoms. The van der Waals surface area contributed by atoms with Crippen molar-refractivity contribution in [2.24, 2.45) is 5.92 Å². The average Bonchev–Trinajstić information content (AvgIpc) is 3.12. The highest BCUT2D eigenvalue weighted by atomic mass is 16.6. The maximum Gasteiger partial charge on any atom is 0.410 e. The van der Waals surface area contributed by atoms with Crippen LogP contribution < -0.4 is 5.32 Å². The van der Waals surface area contributed by atoms with Gasteiger partial charge in [-0.3, -0.25) is 0 Å². The Bertz CT molecular complexity index is 408. The summed E-state index contributed by atoms with van der Waals surface area (Å²) in [5, 5.41) is 3.80. The van der Waals surface area contributed by atoms with Crippen molar-refractivity contribution in [2.75, 3.05) is 20.3 Å². The zero-order valence-corrected chi connectivity index (χ0v) is 16.1. The maximum atomic E-state index is 12.6. The van der Waals surface area contributed by atoms with Crippen molar-refractivity contribution in [1.82, 2.24) is 10.2 Å². The third-order valence-corrected chi connectivity index (χ3v) is 5.30. The molecular formula is C19H36N2O3. The Balaban J connectivity index is 2.00. The van der Waals surface area contributed by atoms with Gasteiger partial charge in [-0.15, -0.1) is 0 Å². The lowest BCUT2D eigenvalue weighted by Crippen LogP contribution is -2.50. The maximum absolute atomic E-state index is 12.6. The predicted octanol–water partition coefficient (Wildman–Crippen LogP) is 3.57. The van der Waals surface area contributed by atoms with E-state index in [1.807, 2.05) is 25.7 Å². The predicted molar refractivity (Wildman–Crippen MR) is 96.2 cm³/mol. The first-order valence-corrected chi connectivity index (χ1v) is 9.60. The number of rotatable bonds is 6. The highest BCUT2D eigenvalue weighted by Gasteiger charge is 2.42. The van der Waals surface area contributed by atoms with Gasteiger partial charge in [-0.2, -0.15) is 0 Å². The van der Waals surface area contributed by atoms with E-state index in [0.717, 1.165) is 32.4 Å². The summed E-state index contributed by atoms with van der Waals surface area (Å²) in [6.07, 6.45) is 6.75. The van der Waals surface area contributed by atoms with Crippen LogP contribution in [0.4, 0.5) is 4.79 Å². The molecule has 4 atom stereocenters. The fourth-order valence-corrected chi connectivity index (χ4v) is 4.23. The van der Waals surface area contributed by atoms with Crippen molar-refractivity contribution in [3.05, 3.63) is 0 Å². The molecule has 1 saturated carbocycles. The van der Waals surface area contributed by atoms with Gasteiger partial charge in [-0.25, -0.2) is 4.79 Å². The number of nitrogens with one attached hydrogen (secondary N) is 1. The summed E-state index contributed by atoms with van der Waals surface area (Å²) >= 11 is 0. The summed E-state index contributed by atoms with van der Waals surface area (Å²) in [4.78, 5) is 14.6. The zero-order valence-electron chi connectivity index (χ0n) is 16.1. The van der Waals surface area contributed by atoms with E-state index in [2.05, 4.69) is 12.2 Å². The number of methoxy groups -OCH3 is 1. The summed E-state index contributed by atoms with van der Waals surface area (Å²) in [6.45, 7) is 9.59. The number of carbonyl (C=O) groups is 1. The third kappa shape index (κ3) is 5.09. The zero-order chi connectivity index (χ0) is 17.7. The molecule has 0 spiro atoms. The molecule has 1 N–H and O–H groups in total. The lowest BCUT2D eigenvalue weighted by molar-refractivity contribution is 0.0162. The van der Waals surface area contributed by atoms with Gasteiger partial charge in [0.2, 0.25) is 0 Å². The van der Waals surface area contributed by atoms with Crippen molar-refractivity contribution in [3.63, 3.8) is 0 Å². The molecule has 1 aliphatic heterocycles. The Morgan fingerprint density at radius 1 is 1.25 bits per heavy atom. The summed E-state index contributed by atoms with van der Waals surface area (Å²) < 4.78 is 11.0. The second-order valence-corrected chi connectivity index (χ2v) is 8.31. The summed E-state index contributed by atoms with van der Waals surface area (Å²) in [5.74, 6) is 0.533. The summed E-state index contributed by atoms with van der Waals surface area (Å²) in [6, 6.07) is 1.20. The van der Waals surface area contributed by atoms with Gasteiger partial charge in [-0.05, 0) is 58.8 Å². The van der Waals surface area contributed by atoms with Crippen LogP contribution in [0.25, 0.3) is 0 Å². The van der Waals surface area contributed by atoms with Crippen molar-refractivity contribution >= 4 is 6.09 Å². The summed E-state index contributed by atoms with van der Waals surface area (Å²) in [5.41, 5.74) is -0.427. The normalized spacial score (nSPS) is 29.0. The first kappa shape index (κ1) is 19.5. The first-order valence-electron chi connectivity index (χ1n) is 9.60. The van der Waals surface area contributed by atoms with Gasteiger partial charge >= 0.3 is 6.09 Å². The SMILES string of the molecule is CCC(COC)NC1CCCC1C1CCCN1C(=O)OC(C)(C)C. The van der Waals surface area contributed by atoms with E-state index in [1.54, 1.807) is 7.11 Å². The van der Waals surface area contributed by atoms with E-state index in [9.17, 15) is 4.79 Å². The molecule has 2 rings (SSSR count). The standard InChI is InChI=1S/C19H36N2O3/c1-6-14(13-23-5)20-16-10-7-9-15(16)17-11-8-12-21(17)18(22)24-19(2,3)4/h14-17,20H,6-13H2,1-5H3. The van der Waals surface area contributed by atoms with Gasteiger partial charge in [-0.1, -0.05) is 13.3 Å². The lowest BCUT2D eigenvalue weighted by atomic mass is 9.91. The second-order valence-electron chi connectivity index (χ2n) is 8.31. The second kappa shape index (κ2) is 8.52. The number of hydrogen-bond donors (Lipinski definition) is 1. The van der Waals surface area contributed by atoms with Gasteiger partial charge in [0.05, 0.1) is 6.61 Å². The fourth-order valence-electron chi connectivity index (χ4n) is 4.23. The van der Waals surface area contributed by atoms with Gasteiger partial charge in [0.25, 0.3) is 0 Å². The van der Waals surface area contributed by atoms with Gasteiger partial charge in [0, 0.05) is 31.8 Å². The molecule has 1 heterocycles. The smallest absolute Gasteiger partial charge is 0.410 e. The monoisotopic (exact) mass is 340 g/mol. The molecule has 4 unspecified atom stereocenters. The number of likely N-dealkylation sites (tertiary alicyclic amines) is 1. The largest absolute Gasteiger partial charge is 0.444 e. The molecule has 0 aromatic carbocycles. The molecule has 140 valence electrons. The van der Waals surface area contributed by atoms with E-state index >= 15 is 0 Å². The van der Waals surface area contributed by atoms with Crippen LogP contribution in [0.5, 0.6) is 0 Å². The Morgan fingerprint density at radius 2 is 2.00 bits per heavy atom. The van der Waals surface area contributed by atoms with Crippen LogP contribution in [0, 0.1) is 5.92 Å². The van der Waals surface area contributed by atoms with Crippen LogP contribution in [0.15, 0.2) is 0 Å². The molecule has 0 bridgehead atoms. The molecule has 1 saturated heterocycles. The van der Waals surface area contributed by atoms with Crippen molar-refractivity contribution in [2.45, 2.75) is 89.9 Å². The Hall–Kier alpha value is -0.810. The Morgan fingerprint density at radius 3 is 2.62 bits per heavy atom. The molecular weight excluding hydrogens is 304 g/mol. The highest BCUT2D eigenvalue weighted by molar-refractivity contribution is 5.69. The van der Waals surface area contributed by atoms with E-state index in [-0.39, 0.29) is 6.09 Å². The Labute approximate surface area is 147 Å². The first-order chi connectivity index (χ1) is 11.4. The lowest BCUT2D eigenvalue weighted by Gasteiger charge is -2.35. The molecule has 1 aliphatic carbocycles. The number of nitrogens with zero attached hydrogens (tertiary/aromatic N) is 1. The average molecular weight is 341 g/mol. The van der Waals surface area contributed by atoms with Crippen LogP contribution in [0.3, 0.4) is 0 Å². The van der Waals surface area contributed by atoms with Crippen molar-refractivity contribution in [3.8, 4) is 0 Å². The number of amides is 1. The van der Waals surface area contributed by atoms with Crippen molar-refractivity contribution in [1.29, 1.82) is 0 Å². The third-order valence-electron chi connectivity index (χ3n) is 5.30. The number of hydrogen-bond acceptors (Lipinski definition) is 4. The van der Waals surface area contributed by atoms with Crippen LogP contribution in [-0.2, 0) is 9.47 Å². The Kier molecular flexibility index (Phi) is 6.93.